The van der Waals surface area contributed by atoms with Crippen LogP contribution in [-0.2, 0) is 0 Å². The van der Waals surface area contributed by atoms with Crippen molar-refractivity contribution in [2.24, 2.45) is 4.99 Å². The van der Waals surface area contributed by atoms with Crippen LogP contribution >= 0.6 is 11.8 Å². The zero-order chi connectivity index (χ0) is 13.4. The largest absolute Gasteiger partial charge is 0.321 e. The summed E-state index contributed by atoms with van der Waals surface area (Å²) in [5, 5.41) is 0.915. The molecule has 0 atom stereocenters. The highest BCUT2D eigenvalue weighted by atomic mass is 32.2. The van der Waals surface area contributed by atoms with Gasteiger partial charge in [-0.2, -0.15) is 0 Å². The van der Waals surface area contributed by atoms with Crippen molar-refractivity contribution in [3.05, 3.63) is 42.2 Å². The molecule has 94 valence electrons. The SMILES string of the molecule is C#CCSC(N=C(C)CC)=C(C=C)n1cccc1. The summed E-state index contributed by atoms with van der Waals surface area (Å²) in [7, 11) is 0. The van der Waals surface area contributed by atoms with Crippen LogP contribution in [0.1, 0.15) is 20.3 Å². The zero-order valence-corrected chi connectivity index (χ0v) is 11.7. The molecule has 0 radical (unpaired) electrons. The predicted octanol–water partition coefficient (Wildman–Crippen LogP) is 4.04. The molecular formula is C15H18N2S. The molecule has 1 rings (SSSR count). The molecule has 0 unspecified atom stereocenters. The van der Waals surface area contributed by atoms with Gasteiger partial charge in [-0.1, -0.05) is 31.2 Å². The number of hydrogen-bond acceptors (Lipinski definition) is 2. The molecule has 0 aliphatic heterocycles. The van der Waals surface area contributed by atoms with E-state index in [2.05, 4.69) is 24.4 Å². The Hall–Kier alpha value is -1.66. The lowest BCUT2D eigenvalue weighted by Crippen LogP contribution is -1.96. The zero-order valence-electron chi connectivity index (χ0n) is 10.9. The molecule has 3 heteroatoms. The number of allylic oxidation sites excluding steroid dienone is 2. The molecule has 0 saturated carbocycles. The lowest BCUT2D eigenvalue weighted by molar-refractivity contribution is 1.11. The summed E-state index contributed by atoms with van der Waals surface area (Å²) in [6.45, 7) is 7.98. The quantitative estimate of drug-likeness (QED) is 0.427. The number of aromatic nitrogens is 1. The van der Waals surface area contributed by atoms with Gasteiger partial charge in [-0.05, 0) is 31.6 Å². The van der Waals surface area contributed by atoms with Crippen LogP contribution in [0.25, 0.3) is 5.70 Å². The average Bonchev–Trinajstić information content (AvgIpc) is 2.90. The molecule has 0 aliphatic carbocycles. The second kappa shape index (κ2) is 7.62. The molecule has 0 bridgehead atoms. The van der Waals surface area contributed by atoms with Crippen molar-refractivity contribution in [2.45, 2.75) is 20.3 Å². The first-order valence-corrected chi connectivity index (χ1v) is 6.82. The third-order valence-corrected chi connectivity index (χ3v) is 3.28. The maximum absolute atomic E-state index is 5.33. The maximum Gasteiger partial charge on any atom is 0.121 e. The van der Waals surface area contributed by atoms with Gasteiger partial charge in [0.15, 0.2) is 0 Å². The molecule has 0 aromatic carbocycles. The van der Waals surface area contributed by atoms with Crippen molar-refractivity contribution in [3.63, 3.8) is 0 Å². The molecule has 18 heavy (non-hydrogen) atoms. The Morgan fingerprint density at radius 3 is 2.67 bits per heavy atom. The topological polar surface area (TPSA) is 17.3 Å². The van der Waals surface area contributed by atoms with E-state index in [1.165, 1.54) is 0 Å². The van der Waals surface area contributed by atoms with Gasteiger partial charge in [-0.15, -0.1) is 6.42 Å². The number of nitrogens with zero attached hydrogens (tertiary/aromatic N) is 2. The van der Waals surface area contributed by atoms with Gasteiger partial charge in [-0.3, -0.25) is 0 Å². The summed E-state index contributed by atoms with van der Waals surface area (Å²) >= 11 is 1.56. The molecule has 0 amide bonds. The Labute approximate surface area is 114 Å². The van der Waals surface area contributed by atoms with Gasteiger partial charge in [0.25, 0.3) is 0 Å². The Kier molecular flexibility index (Phi) is 6.10. The van der Waals surface area contributed by atoms with Crippen LogP contribution in [0.2, 0.25) is 0 Å². The molecule has 0 spiro atoms. The minimum atomic E-state index is 0.606. The third kappa shape index (κ3) is 3.97. The lowest BCUT2D eigenvalue weighted by Gasteiger charge is -2.09. The van der Waals surface area contributed by atoms with Crippen molar-refractivity contribution < 1.29 is 0 Å². The monoisotopic (exact) mass is 258 g/mol. The first-order chi connectivity index (χ1) is 8.72. The van der Waals surface area contributed by atoms with E-state index in [-0.39, 0.29) is 0 Å². The van der Waals surface area contributed by atoms with E-state index >= 15 is 0 Å². The summed E-state index contributed by atoms with van der Waals surface area (Å²) in [5.41, 5.74) is 2.05. The highest BCUT2D eigenvalue weighted by molar-refractivity contribution is 8.03. The fourth-order valence-corrected chi connectivity index (χ4v) is 2.10. The van der Waals surface area contributed by atoms with Gasteiger partial charge in [0.05, 0.1) is 11.4 Å². The molecule has 2 nitrogen and oxygen atoms in total. The van der Waals surface area contributed by atoms with E-state index in [0.717, 1.165) is 22.9 Å². The number of rotatable bonds is 6. The second-order valence-corrected chi connectivity index (χ2v) is 4.64. The normalized spacial score (nSPS) is 12.8. The molecule has 0 aliphatic rings. The summed E-state index contributed by atoms with van der Waals surface area (Å²) < 4.78 is 2.00. The summed E-state index contributed by atoms with van der Waals surface area (Å²) in [6, 6.07) is 3.95. The van der Waals surface area contributed by atoms with Crippen molar-refractivity contribution in [1.29, 1.82) is 0 Å². The van der Waals surface area contributed by atoms with Gasteiger partial charge >= 0.3 is 0 Å². The molecule has 1 heterocycles. The Balaban J connectivity index is 3.20. The maximum atomic E-state index is 5.33. The molecular weight excluding hydrogens is 240 g/mol. The van der Waals surface area contributed by atoms with Crippen LogP contribution in [0.4, 0.5) is 0 Å². The fraction of sp³-hybridized carbons (Fsp3) is 0.267. The number of thioether (sulfide) groups is 1. The molecule has 0 fully saturated rings. The predicted molar refractivity (Wildman–Crippen MR) is 82.5 cm³/mol. The molecule has 1 aromatic heterocycles. The van der Waals surface area contributed by atoms with Crippen molar-refractivity contribution >= 4 is 23.2 Å². The standard InChI is InChI=1S/C15H18N2S/c1-5-12-18-15(16-13(4)6-2)14(7-3)17-10-8-9-11-17/h1,7-11H,3,6,12H2,2,4H3. The highest BCUT2D eigenvalue weighted by Crippen LogP contribution is 2.25. The van der Waals surface area contributed by atoms with Crippen LogP contribution in [-0.4, -0.2) is 16.0 Å². The van der Waals surface area contributed by atoms with Gasteiger partial charge in [0.2, 0.25) is 0 Å². The van der Waals surface area contributed by atoms with Gasteiger partial charge < -0.3 is 4.57 Å². The Bertz CT molecular complexity index is 487. The third-order valence-electron chi connectivity index (χ3n) is 2.39. The van der Waals surface area contributed by atoms with Crippen molar-refractivity contribution in [3.8, 4) is 12.3 Å². The number of aliphatic imine (C=N–C) groups is 1. The molecule has 1 aromatic rings. The van der Waals surface area contributed by atoms with E-state index < -0.39 is 0 Å². The van der Waals surface area contributed by atoms with Crippen molar-refractivity contribution in [2.75, 3.05) is 5.75 Å². The number of hydrogen-bond donors (Lipinski definition) is 0. The molecule has 0 N–H and O–H groups in total. The summed E-state index contributed by atoms with van der Waals surface area (Å²) in [6.07, 6.45) is 12.0. The van der Waals surface area contributed by atoms with Crippen molar-refractivity contribution in [1.82, 2.24) is 4.57 Å². The summed E-state index contributed by atoms with van der Waals surface area (Å²) in [4.78, 5) is 4.63. The van der Waals surface area contributed by atoms with E-state index in [1.807, 2.05) is 42.1 Å². The summed E-state index contributed by atoms with van der Waals surface area (Å²) in [5.74, 6) is 3.24. The van der Waals surface area contributed by atoms with Gasteiger partial charge in [0.1, 0.15) is 5.03 Å². The van der Waals surface area contributed by atoms with Crippen LogP contribution in [0, 0.1) is 12.3 Å². The van der Waals surface area contributed by atoms with Crippen LogP contribution < -0.4 is 0 Å². The van der Waals surface area contributed by atoms with Crippen LogP contribution in [0.5, 0.6) is 0 Å². The first-order valence-electron chi connectivity index (χ1n) is 5.83. The Morgan fingerprint density at radius 1 is 1.50 bits per heavy atom. The van der Waals surface area contributed by atoms with E-state index in [1.54, 1.807) is 11.8 Å². The fourth-order valence-electron chi connectivity index (χ4n) is 1.32. The lowest BCUT2D eigenvalue weighted by atomic mass is 10.3. The average molecular weight is 258 g/mol. The highest BCUT2D eigenvalue weighted by Gasteiger charge is 2.05. The number of terminal acetylenes is 1. The van der Waals surface area contributed by atoms with E-state index in [4.69, 9.17) is 6.42 Å². The van der Waals surface area contributed by atoms with Crippen LogP contribution in [0.3, 0.4) is 0 Å². The van der Waals surface area contributed by atoms with E-state index in [0.29, 0.717) is 5.75 Å². The van der Waals surface area contributed by atoms with Gasteiger partial charge in [-0.25, -0.2) is 4.99 Å². The Morgan fingerprint density at radius 2 is 2.17 bits per heavy atom. The van der Waals surface area contributed by atoms with Crippen LogP contribution in [0.15, 0.2) is 47.2 Å². The van der Waals surface area contributed by atoms with Gasteiger partial charge in [0, 0.05) is 18.1 Å². The minimum absolute atomic E-state index is 0.606. The second-order valence-electron chi connectivity index (χ2n) is 3.68. The minimum Gasteiger partial charge on any atom is -0.321 e. The van der Waals surface area contributed by atoms with E-state index in [9.17, 15) is 0 Å². The smallest absolute Gasteiger partial charge is 0.121 e. The first kappa shape index (κ1) is 14.4. The molecule has 0 saturated heterocycles.